The molecular weight excluding hydrogens is 166 g/mol. The van der Waals surface area contributed by atoms with Crippen molar-refractivity contribution in [1.82, 2.24) is 5.32 Å². The van der Waals surface area contributed by atoms with Crippen molar-refractivity contribution in [1.29, 1.82) is 0 Å². The minimum atomic E-state index is -0.379. The highest BCUT2D eigenvalue weighted by Crippen LogP contribution is 1.99. The summed E-state index contributed by atoms with van der Waals surface area (Å²) in [6.45, 7) is 0.420. The lowest BCUT2D eigenvalue weighted by Gasteiger charge is -2.03. The highest BCUT2D eigenvalue weighted by atomic mass is 16.5. The van der Waals surface area contributed by atoms with E-state index in [2.05, 4.69) is 5.32 Å². The second-order valence-corrected chi connectivity index (χ2v) is 2.62. The van der Waals surface area contributed by atoms with Crippen LogP contribution in [0.2, 0.25) is 0 Å². The number of rotatable bonds is 3. The van der Waals surface area contributed by atoms with Crippen molar-refractivity contribution in [2.24, 2.45) is 0 Å². The summed E-state index contributed by atoms with van der Waals surface area (Å²) < 4.78 is 4.85. The van der Waals surface area contributed by atoms with Crippen LogP contribution in [0.15, 0.2) is 30.3 Å². The largest absolute Gasteiger partial charge is 0.449 e. The van der Waals surface area contributed by atoms with Gasteiger partial charge in [0.1, 0.15) is 0 Å². The molecule has 1 aromatic rings. The molecule has 0 aromatic heterocycles. The molecule has 1 amide bonds. The van der Waals surface area contributed by atoms with Crippen molar-refractivity contribution in [3.05, 3.63) is 35.9 Å². The number of hydrogen-bond acceptors (Lipinski definition) is 2. The van der Waals surface area contributed by atoms with Crippen LogP contribution in [-0.2, 0) is 11.2 Å². The van der Waals surface area contributed by atoms with Gasteiger partial charge in [-0.3, -0.25) is 0 Å². The highest BCUT2D eigenvalue weighted by Gasteiger charge is 1.96. The van der Waals surface area contributed by atoms with E-state index in [0.29, 0.717) is 6.61 Å². The number of ether oxygens (including phenoxy) is 1. The van der Waals surface area contributed by atoms with Gasteiger partial charge in [-0.05, 0) is 5.56 Å². The Morgan fingerprint density at radius 2 is 2.08 bits per heavy atom. The Morgan fingerprint density at radius 1 is 1.38 bits per heavy atom. The van der Waals surface area contributed by atoms with E-state index < -0.39 is 0 Å². The number of nitrogens with one attached hydrogen (secondary N) is 1. The molecule has 1 rings (SSSR count). The molecule has 0 saturated heterocycles. The van der Waals surface area contributed by atoms with Crippen molar-refractivity contribution in [2.75, 3.05) is 13.7 Å². The Hall–Kier alpha value is -1.51. The first-order chi connectivity index (χ1) is 6.33. The predicted octanol–water partition coefficient (Wildman–Crippen LogP) is 1.59. The van der Waals surface area contributed by atoms with Gasteiger partial charge in [-0.25, -0.2) is 4.79 Å². The lowest BCUT2D eigenvalue weighted by molar-refractivity contribution is 0.150. The normalized spacial score (nSPS) is 9.31. The van der Waals surface area contributed by atoms with E-state index in [9.17, 15) is 4.79 Å². The number of carbonyl (C=O) groups is 1. The Bertz CT molecular complexity index is 259. The topological polar surface area (TPSA) is 38.3 Å². The van der Waals surface area contributed by atoms with Crippen LogP contribution in [0.25, 0.3) is 0 Å². The molecule has 0 bridgehead atoms. The first-order valence-electron chi connectivity index (χ1n) is 4.21. The van der Waals surface area contributed by atoms with E-state index in [1.165, 1.54) is 5.56 Å². The van der Waals surface area contributed by atoms with Gasteiger partial charge in [0.2, 0.25) is 0 Å². The van der Waals surface area contributed by atoms with Crippen LogP contribution >= 0.6 is 0 Å². The Labute approximate surface area is 77.7 Å². The molecule has 0 aliphatic heterocycles. The molecule has 0 aliphatic rings. The molecule has 0 aliphatic carbocycles. The summed E-state index contributed by atoms with van der Waals surface area (Å²) in [5.74, 6) is 0. The number of benzene rings is 1. The van der Waals surface area contributed by atoms with E-state index in [1.54, 1.807) is 7.05 Å². The average molecular weight is 179 g/mol. The number of amides is 1. The summed E-state index contributed by atoms with van der Waals surface area (Å²) in [5, 5.41) is 2.39. The molecule has 0 unspecified atom stereocenters. The molecule has 3 nitrogen and oxygen atoms in total. The maximum atomic E-state index is 10.7. The maximum absolute atomic E-state index is 10.7. The van der Waals surface area contributed by atoms with Crippen molar-refractivity contribution < 1.29 is 9.53 Å². The van der Waals surface area contributed by atoms with E-state index >= 15 is 0 Å². The van der Waals surface area contributed by atoms with Gasteiger partial charge in [0.25, 0.3) is 0 Å². The van der Waals surface area contributed by atoms with Gasteiger partial charge in [0, 0.05) is 13.5 Å². The Balaban J connectivity index is 2.24. The van der Waals surface area contributed by atoms with Crippen LogP contribution < -0.4 is 5.32 Å². The van der Waals surface area contributed by atoms with Gasteiger partial charge >= 0.3 is 6.09 Å². The summed E-state index contributed by atoms with van der Waals surface area (Å²) in [6.07, 6.45) is 0.379. The van der Waals surface area contributed by atoms with Gasteiger partial charge < -0.3 is 10.1 Å². The van der Waals surface area contributed by atoms with Crippen molar-refractivity contribution in [3.63, 3.8) is 0 Å². The second kappa shape index (κ2) is 5.19. The quantitative estimate of drug-likeness (QED) is 0.765. The van der Waals surface area contributed by atoms with Gasteiger partial charge in [-0.15, -0.1) is 0 Å². The van der Waals surface area contributed by atoms with E-state index in [4.69, 9.17) is 4.74 Å². The van der Waals surface area contributed by atoms with E-state index in [-0.39, 0.29) is 6.09 Å². The second-order valence-electron chi connectivity index (χ2n) is 2.62. The minimum absolute atomic E-state index is 0.379. The first-order valence-corrected chi connectivity index (χ1v) is 4.21. The van der Waals surface area contributed by atoms with E-state index in [0.717, 1.165) is 6.42 Å². The molecule has 0 heterocycles. The zero-order chi connectivity index (χ0) is 9.52. The zero-order valence-corrected chi connectivity index (χ0v) is 7.62. The number of carbonyl (C=O) groups excluding carboxylic acids is 1. The summed E-state index contributed by atoms with van der Waals surface area (Å²) in [4.78, 5) is 10.7. The molecule has 13 heavy (non-hydrogen) atoms. The molecule has 3 heteroatoms. The summed E-state index contributed by atoms with van der Waals surface area (Å²) in [5.41, 5.74) is 1.17. The van der Waals surface area contributed by atoms with Crippen LogP contribution in [0.1, 0.15) is 5.56 Å². The van der Waals surface area contributed by atoms with Gasteiger partial charge in [-0.1, -0.05) is 30.3 Å². The average Bonchev–Trinajstić information content (AvgIpc) is 2.19. The third-order valence-corrected chi connectivity index (χ3v) is 1.67. The third kappa shape index (κ3) is 3.60. The number of hydrogen-bond donors (Lipinski definition) is 1. The predicted molar refractivity (Wildman–Crippen MR) is 50.6 cm³/mol. The maximum Gasteiger partial charge on any atom is 0.406 e. The fourth-order valence-electron chi connectivity index (χ4n) is 0.978. The fourth-order valence-corrected chi connectivity index (χ4v) is 0.978. The molecule has 1 aromatic carbocycles. The van der Waals surface area contributed by atoms with Crippen LogP contribution in [0.4, 0.5) is 4.79 Å². The van der Waals surface area contributed by atoms with Gasteiger partial charge in [0.05, 0.1) is 6.61 Å². The highest BCUT2D eigenvalue weighted by molar-refractivity contribution is 5.66. The van der Waals surface area contributed by atoms with E-state index in [1.807, 2.05) is 30.3 Å². The molecular formula is C10H13NO2. The molecule has 1 N–H and O–H groups in total. The van der Waals surface area contributed by atoms with Gasteiger partial charge in [0.15, 0.2) is 0 Å². The minimum Gasteiger partial charge on any atom is -0.449 e. The smallest absolute Gasteiger partial charge is 0.406 e. The van der Waals surface area contributed by atoms with Crippen LogP contribution in [0, 0.1) is 0 Å². The lowest BCUT2D eigenvalue weighted by atomic mass is 10.2. The summed E-state index contributed by atoms with van der Waals surface area (Å²) in [6, 6.07) is 9.91. The monoisotopic (exact) mass is 179 g/mol. The fraction of sp³-hybridized carbons (Fsp3) is 0.300. The third-order valence-electron chi connectivity index (χ3n) is 1.67. The zero-order valence-electron chi connectivity index (χ0n) is 7.62. The van der Waals surface area contributed by atoms with Crippen LogP contribution in [0.5, 0.6) is 0 Å². The van der Waals surface area contributed by atoms with Crippen molar-refractivity contribution >= 4 is 6.09 Å². The molecule has 0 fully saturated rings. The van der Waals surface area contributed by atoms with Crippen LogP contribution in [-0.4, -0.2) is 19.7 Å². The first kappa shape index (κ1) is 9.58. The van der Waals surface area contributed by atoms with Crippen molar-refractivity contribution in [2.45, 2.75) is 6.42 Å². The summed E-state index contributed by atoms with van der Waals surface area (Å²) in [7, 11) is 1.55. The molecule has 0 saturated carbocycles. The summed E-state index contributed by atoms with van der Waals surface area (Å²) >= 11 is 0. The van der Waals surface area contributed by atoms with Gasteiger partial charge in [-0.2, -0.15) is 0 Å². The molecule has 0 atom stereocenters. The Kier molecular flexibility index (Phi) is 3.82. The molecule has 0 radical (unpaired) electrons. The van der Waals surface area contributed by atoms with Crippen molar-refractivity contribution in [3.8, 4) is 0 Å². The molecule has 70 valence electrons. The number of alkyl carbamates (subject to hydrolysis) is 1. The Morgan fingerprint density at radius 3 is 2.69 bits per heavy atom. The SMILES string of the molecule is CNC(=O)OCCc1ccccc1. The lowest BCUT2D eigenvalue weighted by Crippen LogP contribution is -2.20. The van der Waals surface area contributed by atoms with Crippen LogP contribution in [0.3, 0.4) is 0 Å². The molecule has 0 spiro atoms. The standard InChI is InChI=1S/C10H13NO2/c1-11-10(12)13-8-7-9-5-3-2-4-6-9/h2-6H,7-8H2,1H3,(H,11,12).